The summed E-state index contributed by atoms with van der Waals surface area (Å²) >= 11 is 0. The van der Waals surface area contributed by atoms with Crippen molar-refractivity contribution in [3.8, 4) is 0 Å². The number of carbonyl (C=O) groups excluding carboxylic acids is 1. The van der Waals surface area contributed by atoms with Crippen LogP contribution in [0.15, 0.2) is 42.6 Å². The molecule has 0 saturated heterocycles. The Balaban J connectivity index is 2.03. The number of aryl methyl sites for hydroxylation is 1. The second-order valence-corrected chi connectivity index (χ2v) is 4.29. The van der Waals surface area contributed by atoms with Crippen molar-refractivity contribution in [2.75, 3.05) is 12.4 Å². The second-order valence-electron chi connectivity index (χ2n) is 4.29. The summed E-state index contributed by atoms with van der Waals surface area (Å²) < 4.78 is 0. The largest absolute Gasteiger partial charge is 0.387 e. The van der Waals surface area contributed by atoms with Crippen molar-refractivity contribution in [3.05, 3.63) is 59.4 Å². The predicted octanol–water partition coefficient (Wildman–Crippen LogP) is 2.36. The Morgan fingerprint density at radius 3 is 2.68 bits per heavy atom. The molecular weight excluding hydrogens is 238 g/mol. The monoisotopic (exact) mass is 255 g/mol. The SMILES string of the molecule is CNc1ccccc1C(=O)NCc1ccc(C)nc1. The van der Waals surface area contributed by atoms with Gasteiger partial charge in [0.05, 0.1) is 5.56 Å². The van der Waals surface area contributed by atoms with Crippen LogP contribution in [0.3, 0.4) is 0 Å². The third-order valence-corrected chi connectivity index (χ3v) is 2.87. The standard InChI is InChI=1S/C15H17N3O/c1-11-7-8-12(9-17-11)10-18-15(19)13-5-3-4-6-14(13)16-2/h3-9,16H,10H2,1-2H3,(H,18,19). The van der Waals surface area contributed by atoms with E-state index in [1.165, 1.54) is 0 Å². The summed E-state index contributed by atoms with van der Waals surface area (Å²) in [6, 6.07) is 11.3. The van der Waals surface area contributed by atoms with E-state index < -0.39 is 0 Å². The lowest BCUT2D eigenvalue weighted by atomic mass is 10.1. The predicted molar refractivity (Wildman–Crippen MR) is 76.1 cm³/mol. The molecular formula is C15H17N3O. The zero-order valence-electron chi connectivity index (χ0n) is 11.1. The van der Waals surface area contributed by atoms with Crippen molar-refractivity contribution in [2.45, 2.75) is 13.5 Å². The highest BCUT2D eigenvalue weighted by atomic mass is 16.1. The third-order valence-electron chi connectivity index (χ3n) is 2.87. The summed E-state index contributed by atoms with van der Waals surface area (Å²) in [7, 11) is 1.80. The maximum Gasteiger partial charge on any atom is 0.253 e. The van der Waals surface area contributed by atoms with E-state index in [1.807, 2.05) is 37.3 Å². The van der Waals surface area contributed by atoms with Crippen LogP contribution in [0.2, 0.25) is 0 Å². The van der Waals surface area contributed by atoms with Crippen molar-refractivity contribution < 1.29 is 4.79 Å². The summed E-state index contributed by atoms with van der Waals surface area (Å²) in [6.07, 6.45) is 1.78. The average Bonchev–Trinajstić information content (AvgIpc) is 2.46. The molecule has 0 atom stereocenters. The minimum Gasteiger partial charge on any atom is -0.387 e. The summed E-state index contributed by atoms with van der Waals surface area (Å²) in [4.78, 5) is 16.3. The maximum atomic E-state index is 12.1. The fourth-order valence-electron chi connectivity index (χ4n) is 1.78. The van der Waals surface area contributed by atoms with Gasteiger partial charge in [-0.05, 0) is 30.7 Å². The Hall–Kier alpha value is -2.36. The van der Waals surface area contributed by atoms with E-state index in [0.717, 1.165) is 16.9 Å². The number of hydrogen-bond donors (Lipinski definition) is 2. The Bertz CT molecular complexity index is 564. The Labute approximate surface area is 112 Å². The van der Waals surface area contributed by atoms with Gasteiger partial charge in [-0.1, -0.05) is 18.2 Å². The molecule has 4 heteroatoms. The highest BCUT2D eigenvalue weighted by molar-refractivity contribution is 5.99. The van der Waals surface area contributed by atoms with Gasteiger partial charge >= 0.3 is 0 Å². The molecule has 0 aliphatic rings. The van der Waals surface area contributed by atoms with E-state index in [9.17, 15) is 4.79 Å². The highest BCUT2D eigenvalue weighted by Crippen LogP contribution is 2.13. The lowest BCUT2D eigenvalue weighted by Crippen LogP contribution is -2.23. The fourth-order valence-corrected chi connectivity index (χ4v) is 1.78. The van der Waals surface area contributed by atoms with Crippen molar-refractivity contribution in [1.82, 2.24) is 10.3 Å². The Morgan fingerprint density at radius 1 is 1.21 bits per heavy atom. The van der Waals surface area contributed by atoms with E-state index in [2.05, 4.69) is 15.6 Å². The zero-order chi connectivity index (χ0) is 13.7. The van der Waals surface area contributed by atoms with Crippen molar-refractivity contribution in [3.63, 3.8) is 0 Å². The fraction of sp³-hybridized carbons (Fsp3) is 0.200. The Kier molecular flexibility index (Phi) is 4.13. The van der Waals surface area contributed by atoms with Gasteiger partial charge in [0.15, 0.2) is 0 Å². The van der Waals surface area contributed by atoms with E-state index in [0.29, 0.717) is 12.1 Å². The van der Waals surface area contributed by atoms with Crippen LogP contribution in [0.25, 0.3) is 0 Å². The van der Waals surface area contributed by atoms with E-state index >= 15 is 0 Å². The number of para-hydroxylation sites is 1. The number of benzene rings is 1. The topological polar surface area (TPSA) is 54.0 Å². The number of anilines is 1. The molecule has 0 saturated carbocycles. The lowest BCUT2D eigenvalue weighted by Gasteiger charge is -2.09. The van der Waals surface area contributed by atoms with Crippen LogP contribution in [0.1, 0.15) is 21.6 Å². The van der Waals surface area contributed by atoms with Crippen LogP contribution >= 0.6 is 0 Å². The van der Waals surface area contributed by atoms with Gasteiger partial charge in [0.25, 0.3) is 5.91 Å². The smallest absolute Gasteiger partial charge is 0.253 e. The number of amides is 1. The maximum absolute atomic E-state index is 12.1. The van der Waals surface area contributed by atoms with Crippen LogP contribution in [0.4, 0.5) is 5.69 Å². The van der Waals surface area contributed by atoms with Crippen LogP contribution < -0.4 is 10.6 Å². The first-order valence-corrected chi connectivity index (χ1v) is 6.17. The number of rotatable bonds is 4. The molecule has 0 radical (unpaired) electrons. The molecule has 2 N–H and O–H groups in total. The molecule has 1 heterocycles. The number of nitrogens with zero attached hydrogens (tertiary/aromatic N) is 1. The molecule has 1 aromatic carbocycles. The molecule has 0 spiro atoms. The first-order valence-electron chi connectivity index (χ1n) is 6.17. The van der Waals surface area contributed by atoms with Crippen molar-refractivity contribution in [1.29, 1.82) is 0 Å². The van der Waals surface area contributed by atoms with Gasteiger partial charge in [-0.15, -0.1) is 0 Å². The second kappa shape index (κ2) is 6.00. The molecule has 0 aliphatic heterocycles. The van der Waals surface area contributed by atoms with Gasteiger partial charge in [0.1, 0.15) is 0 Å². The van der Waals surface area contributed by atoms with E-state index in [-0.39, 0.29) is 5.91 Å². The zero-order valence-corrected chi connectivity index (χ0v) is 11.1. The summed E-state index contributed by atoms with van der Waals surface area (Å²) in [5, 5.41) is 5.90. The highest BCUT2D eigenvalue weighted by Gasteiger charge is 2.09. The number of hydrogen-bond acceptors (Lipinski definition) is 3. The van der Waals surface area contributed by atoms with Crippen molar-refractivity contribution >= 4 is 11.6 Å². The quantitative estimate of drug-likeness (QED) is 0.881. The Morgan fingerprint density at radius 2 is 2.00 bits per heavy atom. The minimum atomic E-state index is -0.0921. The normalized spacial score (nSPS) is 10.0. The van der Waals surface area contributed by atoms with Gasteiger partial charge in [-0.2, -0.15) is 0 Å². The first-order chi connectivity index (χ1) is 9.20. The molecule has 2 aromatic rings. The van der Waals surface area contributed by atoms with Crippen LogP contribution in [-0.2, 0) is 6.54 Å². The van der Waals surface area contributed by atoms with Gasteiger partial charge in [-0.3, -0.25) is 9.78 Å². The number of pyridine rings is 1. The molecule has 0 bridgehead atoms. The molecule has 1 aromatic heterocycles. The van der Waals surface area contributed by atoms with Gasteiger partial charge in [0, 0.05) is 31.2 Å². The van der Waals surface area contributed by atoms with Crippen molar-refractivity contribution in [2.24, 2.45) is 0 Å². The molecule has 98 valence electrons. The lowest BCUT2D eigenvalue weighted by molar-refractivity contribution is 0.0951. The van der Waals surface area contributed by atoms with Crippen LogP contribution in [0, 0.1) is 6.92 Å². The number of aromatic nitrogens is 1. The molecule has 0 fully saturated rings. The van der Waals surface area contributed by atoms with E-state index in [1.54, 1.807) is 19.3 Å². The average molecular weight is 255 g/mol. The number of nitrogens with one attached hydrogen (secondary N) is 2. The van der Waals surface area contributed by atoms with E-state index in [4.69, 9.17) is 0 Å². The summed E-state index contributed by atoms with van der Waals surface area (Å²) in [6.45, 7) is 2.41. The van der Waals surface area contributed by atoms with Gasteiger partial charge < -0.3 is 10.6 Å². The third kappa shape index (κ3) is 3.31. The minimum absolute atomic E-state index is 0.0921. The molecule has 19 heavy (non-hydrogen) atoms. The molecule has 0 aliphatic carbocycles. The molecule has 1 amide bonds. The summed E-state index contributed by atoms with van der Waals surface area (Å²) in [5.74, 6) is -0.0921. The number of carbonyl (C=O) groups is 1. The van der Waals surface area contributed by atoms with Crippen LogP contribution in [0.5, 0.6) is 0 Å². The molecule has 0 unspecified atom stereocenters. The molecule has 2 rings (SSSR count). The van der Waals surface area contributed by atoms with Gasteiger partial charge in [0.2, 0.25) is 0 Å². The molecule has 4 nitrogen and oxygen atoms in total. The summed E-state index contributed by atoms with van der Waals surface area (Å²) in [5.41, 5.74) is 3.42. The van der Waals surface area contributed by atoms with Gasteiger partial charge in [-0.25, -0.2) is 0 Å². The van der Waals surface area contributed by atoms with Crippen LogP contribution in [-0.4, -0.2) is 17.9 Å². The first kappa shape index (κ1) is 13.1.